The van der Waals surface area contributed by atoms with E-state index in [1.165, 1.54) is 0 Å². The van der Waals surface area contributed by atoms with Crippen molar-refractivity contribution in [2.45, 2.75) is 0 Å². The van der Waals surface area contributed by atoms with Crippen LogP contribution in [0.1, 0.15) is 0 Å². The van der Waals surface area contributed by atoms with Gasteiger partial charge in [-0.2, -0.15) is 0 Å². The molecular weight excluding hydrogens is 108 g/mol. The van der Waals surface area contributed by atoms with Crippen molar-refractivity contribution in [2.24, 2.45) is 11.8 Å². The molecule has 0 heteroatoms. The summed E-state index contributed by atoms with van der Waals surface area (Å²) < 4.78 is 0. The van der Waals surface area contributed by atoms with Gasteiger partial charge in [0.2, 0.25) is 0 Å². The van der Waals surface area contributed by atoms with Gasteiger partial charge in [0.25, 0.3) is 0 Å². The van der Waals surface area contributed by atoms with E-state index in [1.54, 1.807) is 0 Å². The van der Waals surface area contributed by atoms with Crippen LogP contribution in [0.15, 0.2) is 36.5 Å². The highest BCUT2D eigenvalue weighted by Crippen LogP contribution is 2.22. The van der Waals surface area contributed by atoms with Gasteiger partial charge in [0, 0.05) is 11.8 Å². The average molecular weight is 117 g/mol. The van der Waals surface area contributed by atoms with Crippen LogP contribution >= 0.6 is 0 Å². The third kappa shape index (κ3) is 0.849. The van der Waals surface area contributed by atoms with Crippen molar-refractivity contribution in [1.29, 1.82) is 0 Å². The van der Waals surface area contributed by atoms with Gasteiger partial charge in [0.1, 0.15) is 0 Å². The van der Waals surface area contributed by atoms with Gasteiger partial charge in [-0.3, -0.25) is 0 Å². The van der Waals surface area contributed by atoms with E-state index in [-0.39, 0.29) is 0 Å². The minimum Gasteiger partial charge on any atom is -0.0830 e. The van der Waals surface area contributed by atoms with E-state index in [1.807, 2.05) is 0 Å². The predicted molar refractivity (Wildman–Crippen MR) is 38.7 cm³/mol. The smallest absolute Gasteiger partial charge is 0.0128 e. The molecule has 0 atom stereocenters. The Balaban J connectivity index is 2.34. The van der Waals surface area contributed by atoms with Crippen molar-refractivity contribution >= 4 is 0 Å². The second-order valence-electron chi connectivity index (χ2n) is 2.50. The van der Waals surface area contributed by atoms with Crippen molar-refractivity contribution in [3.63, 3.8) is 0 Å². The molecule has 3 aliphatic carbocycles. The highest BCUT2D eigenvalue weighted by molar-refractivity contribution is 5.28. The van der Waals surface area contributed by atoms with Gasteiger partial charge in [-0.25, -0.2) is 0 Å². The van der Waals surface area contributed by atoms with Crippen molar-refractivity contribution < 1.29 is 0 Å². The molecule has 3 aliphatic rings. The highest BCUT2D eigenvalue weighted by Gasteiger charge is 2.09. The van der Waals surface area contributed by atoms with E-state index in [0.717, 1.165) is 0 Å². The molecule has 3 rings (SSSR count). The van der Waals surface area contributed by atoms with Gasteiger partial charge in [-0.05, 0) is 6.42 Å². The van der Waals surface area contributed by atoms with Crippen LogP contribution in [0, 0.1) is 18.3 Å². The summed E-state index contributed by atoms with van der Waals surface area (Å²) >= 11 is 0. The minimum absolute atomic E-state index is 0.569. The summed E-state index contributed by atoms with van der Waals surface area (Å²) in [7, 11) is 0. The molecule has 0 spiro atoms. The summed E-state index contributed by atoms with van der Waals surface area (Å²) in [6.07, 6.45) is 15.5. The zero-order chi connectivity index (χ0) is 6.10. The second kappa shape index (κ2) is 1.87. The lowest BCUT2D eigenvalue weighted by molar-refractivity contribution is 0.938. The van der Waals surface area contributed by atoms with Crippen LogP contribution in [0.4, 0.5) is 0 Å². The van der Waals surface area contributed by atoms with Crippen LogP contribution in [-0.4, -0.2) is 0 Å². The largest absolute Gasteiger partial charge is 0.0830 e. The van der Waals surface area contributed by atoms with E-state index in [9.17, 15) is 0 Å². The Labute approximate surface area is 55.6 Å². The summed E-state index contributed by atoms with van der Waals surface area (Å²) in [5, 5.41) is 0. The fourth-order valence-electron chi connectivity index (χ4n) is 1.22. The van der Waals surface area contributed by atoms with Crippen LogP contribution in [0.3, 0.4) is 0 Å². The number of hydrogen-bond donors (Lipinski definition) is 0. The topological polar surface area (TPSA) is 0 Å². The molecule has 0 fully saturated rings. The molecule has 0 aromatic rings. The summed E-state index contributed by atoms with van der Waals surface area (Å²) in [6.45, 7) is 0. The molecule has 0 heterocycles. The Morgan fingerprint density at radius 3 is 2.11 bits per heavy atom. The van der Waals surface area contributed by atoms with Gasteiger partial charge < -0.3 is 0 Å². The molecule has 0 aliphatic heterocycles. The Morgan fingerprint density at radius 1 is 0.667 bits per heavy atom. The third-order valence-electron chi connectivity index (χ3n) is 1.78. The lowest BCUT2D eigenvalue weighted by Gasteiger charge is -2.06. The first kappa shape index (κ1) is 5.04. The van der Waals surface area contributed by atoms with Gasteiger partial charge >= 0.3 is 0 Å². The Bertz CT molecular complexity index is 167. The van der Waals surface area contributed by atoms with Crippen LogP contribution < -0.4 is 0 Å². The van der Waals surface area contributed by atoms with Gasteiger partial charge in [-0.1, -0.05) is 36.5 Å². The lowest BCUT2D eigenvalue weighted by atomic mass is 9.99. The fraction of sp³-hybridized carbons (Fsp3) is 0.222. The normalized spacial score (nSPS) is 37.3. The number of allylic oxidation sites excluding steroid dienone is 6. The maximum atomic E-state index is 2.24. The molecule has 0 aromatic carbocycles. The van der Waals surface area contributed by atoms with Crippen LogP contribution in [0.25, 0.3) is 0 Å². The maximum absolute atomic E-state index is 2.24. The summed E-state index contributed by atoms with van der Waals surface area (Å²) in [5.41, 5.74) is 0. The van der Waals surface area contributed by atoms with Crippen LogP contribution in [0.2, 0.25) is 0 Å². The standard InChI is InChI=1S/C9H9/c1-2-8-4-6-9(3-1)7-5-8/h1-9H. The van der Waals surface area contributed by atoms with Crippen molar-refractivity contribution in [1.82, 2.24) is 0 Å². The first-order valence-electron chi connectivity index (χ1n) is 3.33. The van der Waals surface area contributed by atoms with Gasteiger partial charge in [-0.15, -0.1) is 0 Å². The number of hydrogen-bond acceptors (Lipinski definition) is 0. The van der Waals surface area contributed by atoms with Gasteiger partial charge in [0.15, 0.2) is 0 Å². The number of rotatable bonds is 0. The molecule has 0 saturated carbocycles. The lowest BCUT2D eigenvalue weighted by Crippen LogP contribution is -1.94. The monoisotopic (exact) mass is 117 g/mol. The SMILES string of the molecule is [CH]1C=CC2C=CC1C=C2. The van der Waals surface area contributed by atoms with E-state index in [4.69, 9.17) is 0 Å². The van der Waals surface area contributed by atoms with Crippen LogP contribution in [0.5, 0.6) is 0 Å². The molecule has 45 valence electrons. The molecule has 0 saturated heterocycles. The molecule has 1 radical (unpaired) electrons. The predicted octanol–water partition coefficient (Wildman–Crippen LogP) is 2.12. The molecule has 0 unspecified atom stereocenters. The fourth-order valence-corrected chi connectivity index (χ4v) is 1.22. The summed E-state index contributed by atoms with van der Waals surface area (Å²) in [5.74, 6) is 1.14. The zero-order valence-corrected chi connectivity index (χ0v) is 5.20. The highest BCUT2D eigenvalue weighted by atomic mass is 14.1. The van der Waals surface area contributed by atoms with E-state index in [0.29, 0.717) is 11.8 Å². The molecule has 0 aromatic heterocycles. The van der Waals surface area contributed by atoms with Gasteiger partial charge in [0.05, 0.1) is 0 Å². The Morgan fingerprint density at radius 2 is 1.33 bits per heavy atom. The quantitative estimate of drug-likeness (QED) is 0.426. The number of fused-ring (bicyclic) bond motifs is 1. The molecule has 0 N–H and O–H groups in total. The van der Waals surface area contributed by atoms with E-state index >= 15 is 0 Å². The second-order valence-corrected chi connectivity index (χ2v) is 2.50. The van der Waals surface area contributed by atoms with Crippen LogP contribution in [-0.2, 0) is 0 Å². The maximum Gasteiger partial charge on any atom is 0.0128 e. The molecular formula is C9H9. The Hall–Kier alpha value is -0.780. The molecule has 0 nitrogen and oxygen atoms in total. The summed E-state index contributed by atoms with van der Waals surface area (Å²) in [4.78, 5) is 0. The Kier molecular flexibility index (Phi) is 1.05. The summed E-state index contributed by atoms with van der Waals surface area (Å²) in [6, 6.07) is 0. The minimum atomic E-state index is 0.569. The van der Waals surface area contributed by atoms with Crippen molar-refractivity contribution in [2.75, 3.05) is 0 Å². The van der Waals surface area contributed by atoms with Crippen molar-refractivity contribution in [3.05, 3.63) is 42.9 Å². The van der Waals surface area contributed by atoms with E-state index in [2.05, 4.69) is 42.9 Å². The molecule has 2 bridgehead atoms. The molecule has 9 heavy (non-hydrogen) atoms. The molecule has 0 amide bonds. The van der Waals surface area contributed by atoms with E-state index < -0.39 is 0 Å². The zero-order valence-electron chi connectivity index (χ0n) is 5.20. The first-order chi connectivity index (χ1) is 4.45. The van der Waals surface area contributed by atoms with Crippen molar-refractivity contribution in [3.8, 4) is 0 Å². The first-order valence-corrected chi connectivity index (χ1v) is 3.33. The average Bonchev–Trinajstić information content (AvgIpc) is 2.21. The third-order valence-corrected chi connectivity index (χ3v) is 1.78.